The first-order valence-electron chi connectivity index (χ1n) is 14.5. The Balaban J connectivity index is 1.42. The molecule has 13 nitrogen and oxygen atoms in total. The quantitative estimate of drug-likeness (QED) is 0.511. The van der Waals surface area contributed by atoms with Gasteiger partial charge in [0.05, 0.1) is 31.6 Å². The number of carbonyl (C=O) groups excluding carboxylic acids is 3. The molecular formula is C27H43N7O6. The van der Waals surface area contributed by atoms with Crippen LogP contribution in [0.25, 0.3) is 0 Å². The van der Waals surface area contributed by atoms with Crippen LogP contribution in [-0.4, -0.2) is 138 Å². The van der Waals surface area contributed by atoms with Gasteiger partial charge in [-0.3, -0.25) is 19.3 Å². The van der Waals surface area contributed by atoms with Crippen molar-refractivity contribution in [2.75, 3.05) is 72.4 Å². The fourth-order valence-electron chi connectivity index (χ4n) is 6.01. The van der Waals surface area contributed by atoms with Crippen LogP contribution in [0.1, 0.15) is 51.8 Å². The summed E-state index contributed by atoms with van der Waals surface area (Å²) in [6.45, 7) is 10.6. The lowest BCUT2D eigenvalue weighted by Crippen LogP contribution is -2.64. The van der Waals surface area contributed by atoms with Crippen molar-refractivity contribution in [3.05, 3.63) is 11.9 Å². The van der Waals surface area contributed by atoms with Gasteiger partial charge < -0.3 is 29.3 Å². The molecule has 5 heterocycles. The number of carbonyl (C=O) groups is 3. The Hall–Kier alpha value is -2.61. The van der Waals surface area contributed by atoms with Crippen LogP contribution in [0.5, 0.6) is 0 Å². The summed E-state index contributed by atoms with van der Waals surface area (Å²) in [5.74, 6) is -0.658. The van der Waals surface area contributed by atoms with Crippen LogP contribution in [0.2, 0.25) is 0 Å². The van der Waals surface area contributed by atoms with Gasteiger partial charge in [-0.05, 0) is 12.8 Å². The number of piperazine rings is 1. The Morgan fingerprint density at radius 2 is 1.62 bits per heavy atom. The molecule has 4 aliphatic rings. The highest BCUT2D eigenvalue weighted by Gasteiger charge is 2.46. The number of amides is 3. The highest BCUT2D eigenvalue weighted by atomic mass is 16.5. The van der Waals surface area contributed by atoms with Crippen molar-refractivity contribution in [3.63, 3.8) is 0 Å². The summed E-state index contributed by atoms with van der Waals surface area (Å²) < 4.78 is 18.5. The average molecular weight is 562 g/mol. The lowest BCUT2D eigenvalue weighted by atomic mass is 9.93. The van der Waals surface area contributed by atoms with Gasteiger partial charge >= 0.3 is 0 Å². The minimum Gasteiger partial charge on any atom is -0.381 e. The number of hydrogen-bond acceptors (Lipinski definition) is 9. The SMILES string of the molecule is CC(C)(C)c1cn([C@H]2C[C@H]3C(=O)NCCOCCOCC(=O)N4CCN(C5CCOCC5)C[C@H]4C(=O)N3C2)nn1. The largest absolute Gasteiger partial charge is 0.381 e. The molecule has 0 unspecified atom stereocenters. The zero-order valence-corrected chi connectivity index (χ0v) is 23.9. The van der Waals surface area contributed by atoms with Crippen molar-refractivity contribution >= 4 is 17.7 Å². The first kappa shape index (κ1) is 28.9. The van der Waals surface area contributed by atoms with Crippen molar-refractivity contribution in [1.82, 2.24) is 35.0 Å². The lowest BCUT2D eigenvalue weighted by molar-refractivity contribution is -0.155. The minimum atomic E-state index is -0.705. The zero-order chi connectivity index (χ0) is 28.3. The average Bonchev–Trinajstić information content (AvgIpc) is 3.62. The molecule has 1 aromatic rings. The summed E-state index contributed by atoms with van der Waals surface area (Å²) >= 11 is 0. The molecule has 222 valence electrons. The molecule has 0 aliphatic carbocycles. The van der Waals surface area contributed by atoms with E-state index in [1.165, 1.54) is 0 Å². The summed E-state index contributed by atoms with van der Waals surface area (Å²) in [5.41, 5.74) is 0.674. The van der Waals surface area contributed by atoms with Gasteiger partial charge in [-0.15, -0.1) is 5.10 Å². The smallest absolute Gasteiger partial charge is 0.249 e. The highest BCUT2D eigenvalue weighted by molar-refractivity contribution is 5.93. The van der Waals surface area contributed by atoms with Crippen molar-refractivity contribution in [2.24, 2.45) is 0 Å². The molecule has 3 amide bonds. The fourth-order valence-corrected chi connectivity index (χ4v) is 6.01. The Morgan fingerprint density at radius 1 is 0.875 bits per heavy atom. The molecule has 0 spiro atoms. The van der Waals surface area contributed by atoms with E-state index in [0.29, 0.717) is 71.6 Å². The molecule has 4 saturated heterocycles. The Kier molecular flexibility index (Phi) is 9.03. The zero-order valence-electron chi connectivity index (χ0n) is 23.9. The monoisotopic (exact) mass is 561 g/mol. The first-order valence-corrected chi connectivity index (χ1v) is 14.5. The van der Waals surface area contributed by atoms with E-state index in [-0.39, 0.29) is 42.4 Å². The molecular weight excluding hydrogens is 518 g/mol. The third-order valence-electron chi connectivity index (χ3n) is 8.39. The predicted octanol–water partition coefficient (Wildman–Crippen LogP) is -0.428. The van der Waals surface area contributed by atoms with Gasteiger partial charge in [-0.25, -0.2) is 4.68 Å². The second-order valence-corrected chi connectivity index (χ2v) is 12.1. The highest BCUT2D eigenvalue weighted by Crippen LogP contribution is 2.31. The van der Waals surface area contributed by atoms with Gasteiger partial charge in [-0.2, -0.15) is 0 Å². The number of rotatable bonds is 2. The number of nitrogens with one attached hydrogen (secondary N) is 1. The van der Waals surface area contributed by atoms with E-state index in [9.17, 15) is 14.4 Å². The maximum Gasteiger partial charge on any atom is 0.249 e. The van der Waals surface area contributed by atoms with E-state index < -0.39 is 12.1 Å². The maximum atomic E-state index is 14.3. The number of fused-ring (bicyclic) bond motifs is 2. The molecule has 3 atom stereocenters. The van der Waals surface area contributed by atoms with Crippen LogP contribution >= 0.6 is 0 Å². The number of hydrogen-bond donors (Lipinski definition) is 1. The first-order chi connectivity index (χ1) is 19.2. The van der Waals surface area contributed by atoms with E-state index in [1.54, 1.807) is 14.5 Å². The third kappa shape index (κ3) is 6.48. The van der Waals surface area contributed by atoms with Crippen molar-refractivity contribution in [1.29, 1.82) is 0 Å². The molecule has 4 aliphatic heterocycles. The summed E-state index contributed by atoms with van der Waals surface area (Å²) in [4.78, 5) is 46.7. The van der Waals surface area contributed by atoms with Crippen LogP contribution in [0.4, 0.5) is 0 Å². The Morgan fingerprint density at radius 3 is 2.38 bits per heavy atom. The summed E-state index contributed by atoms with van der Waals surface area (Å²) in [6.07, 6.45) is 4.13. The predicted molar refractivity (Wildman–Crippen MR) is 143 cm³/mol. The third-order valence-corrected chi connectivity index (χ3v) is 8.39. The van der Waals surface area contributed by atoms with Gasteiger partial charge in [0, 0.05) is 70.0 Å². The van der Waals surface area contributed by atoms with E-state index >= 15 is 0 Å². The Bertz CT molecular complexity index is 1050. The molecule has 0 bridgehead atoms. The van der Waals surface area contributed by atoms with E-state index in [0.717, 1.165) is 18.5 Å². The van der Waals surface area contributed by atoms with Crippen LogP contribution in [0.3, 0.4) is 0 Å². The van der Waals surface area contributed by atoms with Gasteiger partial charge in [0.2, 0.25) is 17.7 Å². The minimum absolute atomic E-state index is 0.109. The second kappa shape index (κ2) is 12.5. The molecule has 5 rings (SSSR count). The van der Waals surface area contributed by atoms with Crippen LogP contribution < -0.4 is 5.32 Å². The second-order valence-electron chi connectivity index (χ2n) is 12.1. The van der Waals surface area contributed by atoms with Crippen molar-refractivity contribution in [2.45, 2.75) is 69.6 Å². The topological polar surface area (TPSA) is 131 Å². The number of aromatic nitrogens is 3. The van der Waals surface area contributed by atoms with Gasteiger partial charge in [-0.1, -0.05) is 26.0 Å². The van der Waals surface area contributed by atoms with Gasteiger partial charge in [0.15, 0.2) is 0 Å². The molecule has 1 N–H and O–H groups in total. The van der Waals surface area contributed by atoms with Crippen LogP contribution in [-0.2, 0) is 34.0 Å². The van der Waals surface area contributed by atoms with Gasteiger partial charge in [0.25, 0.3) is 0 Å². The van der Waals surface area contributed by atoms with Crippen LogP contribution in [0, 0.1) is 0 Å². The van der Waals surface area contributed by atoms with E-state index in [4.69, 9.17) is 14.2 Å². The maximum absolute atomic E-state index is 14.3. The summed E-state index contributed by atoms with van der Waals surface area (Å²) in [7, 11) is 0. The lowest BCUT2D eigenvalue weighted by Gasteiger charge is -2.45. The molecule has 0 aromatic carbocycles. The Labute approximate surface area is 235 Å². The summed E-state index contributed by atoms with van der Waals surface area (Å²) in [5, 5.41) is 11.7. The van der Waals surface area contributed by atoms with E-state index in [1.807, 2.05) is 6.20 Å². The molecule has 1 aromatic heterocycles. The normalized spacial score (nSPS) is 29.0. The van der Waals surface area contributed by atoms with Crippen molar-refractivity contribution in [3.8, 4) is 0 Å². The van der Waals surface area contributed by atoms with Crippen LogP contribution in [0.15, 0.2) is 6.20 Å². The van der Waals surface area contributed by atoms with Gasteiger partial charge in [0.1, 0.15) is 18.7 Å². The number of ether oxygens (including phenoxy) is 3. The standard InChI is InChI=1S/C27H43N7O6/c1-27(2,3)23-17-34(30-29-23)20-14-21-25(36)28-6-11-39-12-13-40-18-24(35)32-8-7-31(19-4-9-38-10-5-19)16-22(32)26(37)33(21)15-20/h17,19-22H,4-16,18H2,1-3H3,(H,28,36)/t20-,21-,22-/m0/s1. The molecule has 13 heteroatoms. The van der Waals surface area contributed by atoms with E-state index in [2.05, 4.69) is 41.3 Å². The molecule has 0 saturated carbocycles. The summed E-state index contributed by atoms with van der Waals surface area (Å²) in [6, 6.07) is -1.29. The fraction of sp³-hybridized carbons (Fsp3) is 0.815. The molecule has 0 radical (unpaired) electrons. The molecule has 4 fully saturated rings. The van der Waals surface area contributed by atoms with Crippen molar-refractivity contribution < 1.29 is 28.6 Å². The number of nitrogens with zero attached hydrogens (tertiary/aromatic N) is 6. The molecule has 40 heavy (non-hydrogen) atoms.